The highest BCUT2D eigenvalue weighted by Crippen LogP contribution is 2.26. The van der Waals surface area contributed by atoms with Gasteiger partial charge in [0.1, 0.15) is 0 Å². The monoisotopic (exact) mass is 298 g/mol. The van der Waals surface area contributed by atoms with E-state index in [2.05, 4.69) is 26.4 Å². The molecule has 1 aliphatic heterocycles. The third-order valence-corrected chi connectivity index (χ3v) is 3.28. The maximum absolute atomic E-state index is 11.4. The van der Waals surface area contributed by atoms with Gasteiger partial charge in [-0.2, -0.15) is 0 Å². The molecule has 0 unspecified atom stereocenters. The van der Waals surface area contributed by atoms with Crippen molar-refractivity contribution in [3.8, 4) is 0 Å². The number of nitrogens with one attached hydrogen (secondary N) is 1. The van der Waals surface area contributed by atoms with E-state index in [4.69, 9.17) is 5.21 Å². The topological polar surface area (TPSA) is 61.7 Å². The number of hydrogen-bond acceptors (Lipinski definition) is 4. The number of amides is 1. The second-order valence-corrected chi connectivity index (χ2v) is 4.97. The highest BCUT2D eigenvalue weighted by Gasteiger charge is 2.23. The zero-order chi connectivity index (χ0) is 11.5. The molecule has 0 aliphatic carbocycles. The third-order valence-electron chi connectivity index (χ3n) is 1.89. The lowest BCUT2D eigenvalue weighted by Crippen LogP contribution is -2.19. The van der Waals surface area contributed by atoms with Gasteiger partial charge in [-0.1, -0.05) is 33.2 Å². The van der Waals surface area contributed by atoms with Gasteiger partial charge in [-0.25, -0.2) is 0 Å². The lowest BCUT2D eigenvalue weighted by molar-refractivity contribution is -0.115. The predicted octanol–water partition coefficient (Wildman–Crippen LogP) is 2.40. The molecule has 1 saturated heterocycles. The van der Waals surface area contributed by atoms with Crippen LogP contribution in [0.15, 0.2) is 38.8 Å². The summed E-state index contributed by atoms with van der Waals surface area (Å²) in [5, 5.41) is 14.1. The minimum Gasteiger partial charge on any atom is -0.409 e. The quantitative estimate of drug-likeness (QED) is 0.475. The highest BCUT2D eigenvalue weighted by molar-refractivity contribution is 9.10. The van der Waals surface area contributed by atoms with Gasteiger partial charge in [0.2, 0.25) is 5.17 Å². The number of rotatable bonds is 1. The fraction of sp³-hybridized carbons (Fsp3) is 0. The van der Waals surface area contributed by atoms with E-state index in [0.717, 1.165) is 21.8 Å². The zero-order valence-corrected chi connectivity index (χ0v) is 10.4. The van der Waals surface area contributed by atoms with Gasteiger partial charge in [0.05, 0.1) is 4.91 Å². The Bertz CT molecular complexity index is 499. The largest absolute Gasteiger partial charge is 0.409 e. The SMILES string of the molecule is O=C1NC(=NO)S/C1=C/c1cccc(Br)c1. The van der Waals surface area contributed by atoms with Gasteiger partial charge in [-0.15, -0.1) is 0 Å². The Balaban J connectivity index is 2.29. The molecule has 0 bridgehead atoms. The van der Waals surface area contributed by atoms with Gasteiger partial charge in [-0.05, 0) is 35.5 Å². The van der Waals surface area contributed by atoms with Crippen LogP contribution in [0.3, 0.4) is 0 Å². The molecule has 0 aromatic heterocycles. The smallest absolute Gasteiger partial charge is 0.264 e. The summed E-state index contributed by atoms with van der Waals surface area (Å²) >= 11 is 4.46. The van der Waals surface area contributed by atoms with Crippen LogP contribution in [-0.4, -0.2) is 16.3 Å². The van der Waals surface area contributed by atoms with E-state index in [1.807, 2.05) is 24.3 Å². The number of halogens is 1. The van der Waals surface area contributed by atoms with Crippen molar-refractivity contribution in [2.24, 2.45) is 5.16 Å². The molecule has 6 heteroatoms. The summed E-state index contributed by atoms with van der Waals surface area (Å²) in [5.41, 5.74) is 0.909. The Kier molecular flexibility index (Phi) is 3.31. The fourth-order valence-corrected chi connectivity index (χ4v) is 2.37. The van der Waals surface area contributed by atoms with E-state index in [1.54, 1.807) is 6.08 Å². The average molecular weight is 299 g/mol. The molecule has 1 fully saturated rings. The summed E-state index contributed by atoms with van der Waals surface area (Å²) in [7, 11) is 0. The third kappa shape index (κ3) is 2.45. The molecular weight excluding hydrogens is 292 g/mol. The summed E-state index contributed by atoms with van der Waals surface area (Å²) in [6.07, 6.45) is 1.74. The molecule has 2 N–H and O–H groups in total. The maximum atomic E-state index is 11.4. The highest BCUT2D eigenvalue weighted by atomic mass is 79.9. The first-order valence-electron chi connectivity index (χ1n) is 4.37. The number of hydrogen-bond donors (Lipinski definition) is 2. The summed E-state index contributed by atoms with van der Waals surface area (Å²) in [6, 6.07) is 7.58. The van der Waals surface area contributed by atoms with E-state index < -0.39 is 0 Å². The first-order chi connectivity index (χ1) is 7.69. The minimum absolute atomic E-state index is 0.200. The van der Waals surface area contributed by atoms with Crippen molar-refractivity contribution in [1.29, 1.82) is 0 Å². The summed E-state index contributed by atoms with van der Waals surface area (Å²) in [6.45, 7) is 0. The molecule has 1 aromatic carbocycles. The van der Waals surface area contributed by atoms with Crippen LogP contribution in [0.25, 0.3) is 6.08 Å². The van der Waals surface area contributed by atoms with Crippen LogP contribution >= 0.6 is 27.7 Å². The van der Waals surface area contributed by atoms with Gasteiger partial charge in [0.25, 0.3) is 5.91 Å². The van der Waals surface area contributed by atoms with E-state index in [-0.39, 0.29) is 11.1 Å². The number of benzene rings is 1. The molecule has 4 nitrogen and oxygen atoms in total. The summed E-state index contributed by atoms with van der Waals surface area (Å²) < 4.78 is 0.946. The lowest BCUT2D eigenvalue weighted by Gasteiger charge is -1.95. The Morgan fingerprint density at radius 3 is 2.94 bits per heavy atom. The van der Waals surface area contributed by atoms with Gasteiger partial charge >= 0.3 is 0 Å². The molecule has 1 heterocycles. The van der Waals surface area contributed by atoms with Gasteiger partial charge in [0, 0.05) is 4.47 Å². The second-order valence-electron chi connectivity index (χ2n) is 3.02. The lowest BCUT2D eigenvalue weighted by atomic mass is 10.2. The maximum Gasteiger partial charge on any atom is 0.264 e. The fourth-order valence-electron chi connectivity index (χ4n) is 1.22. The van der Waals surface area contributed by atoms with Crippen LogP contribution in [0.1, 0.15) is 5.56 Å². The van der Waals surface area contributed by atoms with Crippen LogP contribution < -0.4 is 5.32 Å². The van der Waals surface area contributed by atoms with E-state index in [0.29, 0.717) is 4.91 Å². The molecule has 0 saturated carbocycles. The van der Waals surface area contributed by atoms with Crippen LogP contribution in [0.2, 0.25) is 0 Å². The molecular formula is C10H7BrN2O2S. The zero-order valence-electron chi connectivity index (χ0n) is 7.98. The molecule has 82 valence electrons. The Morgan fingerprint density at radius 1 is 1.50 bits per heavy atom. The van der Waals surface area contributed by atoms with Gasteiger partial charge < -0.3 is 5.21 Å². The van der Waals surface area contributed by atoms with E-state index in [1.165, 1.54) is 0 Å². The summed E-state index contributed by atoms with van der Waals surface area (Å²) in [5.74, 6) is -0.252. The molecule has 0 radical (unpaired) electrons. The predicted molar refractivity (Wildman–Crippen MR) is 67.1 cm³/mol. The number of oxime groups is 1. The van der Waals surface area contributed by atoms with Crippen molar-refractivity contribution >= 4 is 44.8 Å². The minimum atomic E-state index is -0.252. The molecule has 16 heavy (non-hydrogen) atoms. The van der Waals surface area contributed by atoms with Crippen LogP contribution in [0.4, 0.5) is 0 Å². The van der Waals surface area contributed by atoms with Crippen LogP contribution in [0.5, 0.6) is 0 Å². The summed E-state index contributed by atoms with van der Waals surface area (Å²) in [4.78, 5) is 11.9. The molecule has 1 amide bonds. The number of thioether (sulfide) groups is 1. The Morgan fingerprint density at radius 2 is 2.31 bits per heavy atom. The second kappa shape index (κ2) is 4.71. The number of carbonyl (C=O) groups is 1. The van der Waals surface area contributed by atoms with Crippen molar-refractivity contribution in [1.82, 2.24) is 5.32 Å². The van der Waals surface area contributed by atoms with Crippen LogP contribution in [0, 0.1) is 0 Å². The number of nitrogens with zero attached hydrogens (tertiary/aromatic N) is 1. The van der Waals surface area contributed by atoms with Gasteiger partial charge in [0.15, 0.2) is 0 Å². The average Bonchev–Trinajstić information content (AvgIpc) is 2.60. The molecule has 2 rings (SSSR count). The van der Waals surface area contributed by atoms with Crippen molar-refractivity contribution < 1.29 is 10.0 Å². The standard InChI is InChI=1S/C10H7BrN2O2S/c11-7-3-1-2-6(4-7)5-8-9(14)12-10(13-15)16-8/h1-5,15H,(H,12,13,14)/b8-5+. The molecule has 1 aliphatic rings. The van der Waals surface area contributed by atoms with E-state index >= 15 is 0 Å². The van der Waals surface area contributed by atoms with E-state index in [9.17, 15) is 4.79 Å². The van der Waals surface area contributed by atoms with Crippen molar-refractivity contribution in [2.75, 3.05) is 0 Å². The first kappa shape index (κ1) is 11.2. The van der Waals surface area contributed by atoms with Crippen molar-refractivity contribution in [3.63, 3.8) is 0 Å². The van der Waals surface area contributed by atoms with Crippen molar-refractivity contribution in [3.05, 3.63) is 39.2 Å². The Labute approximate surface area is 105 Å². The van der Waals surface area contributed by atoms with Crippen LogP contribution in [-0.2, 0) is 4.79 Å². The first-order valence-corrected chi connectivity index (χ1v) is 5.98. The normalized spacial score (nSPS) is 20.4. The van der Waals surface area contributed by atoms with Crippen molar-refractivity contribution in [2.45, 2.75) is 0 Å². The Hall–Kier alpha value is -1.27. The number of carbonyl (C=O) groups excluding carboxylic acids is 1. The number of amidine groups is 1. The molecule has 1 aromatic rings. The van der Waals surface area contributed by atoms with Gasteiger partial charge in [-0.3, -0.25) is 10.1 Å². The molecule has 0 atom stereocenters. The molecule has 0 spiro atoms.